The number of ether oxygens (including phenoxy) is 1. The van der Waals surface area contributed by atoms with E-state index in [2.05, 4.69) is 5.32 Å². The first-order valence-electron chi connectivity index (χ1n) is 9.75. The maximum absolute atomic E-state index is 14.4. The van der Waals surface area contributed by atoms with E-state index in [9.17, 15) is 13.2 Å². The molecule has 2 atom stereocenters. The van der Waals surface area contributed by atoms with Gasteiger partial charge in [-0.3, -0.25) is 0 Å². The lowest BCUT2D eigenvalue weighted by Crippen LogP contribution is -2.43. The Morgan fingerprint density at radius 2 is 1.59 bits per heavy atom. The Morgan fingerprint density at radius 1 is 0.931 bits per heavy atom. The number of halogens is 3. The lowest BCUT2D eigenvalue weighted by Gasteiger charge is -2.41. The van der Waals surface area contributed by atoms with Gasteiger partial charge in [0.15, 0.2) is 0 Å². The highest BCUT2D eigenvalue weighted by atomic mass is 19.4. The molecule has 2 unspecified atom stereocenters. The fraction of sp³-hybridized carbons (Fsp3) is 0.333. The molecule has 0 amide bonds. The average molecular weight is 401 g/mol. The average Bonchev–Trinajstić information content (AvgIpc) is 2.71. The Balaban J connectivity index is 2.20. The van der Waals surface area contributed by atoms with Gasteiger partial charge in [-0.2, -0.15) is 13.2 Å². The third-order valence-corrected chi connectivity index (χ3v) is 5.59. The number of para-hydroxylation sites is 1. The van der Waals surface area contributed by atoms with Crippen molar-refractivity contribution in [3.63, 3.8) is 0 Å². The van der Waals surface area contributed by atoms with E-state index >= 15 is 0 Å². The van der Waals surface area contributed by atoms with E-state index in [4.69, 9.17) is 4.74 Å². The van der Waals surface area contributed by atoms with Gasteiger partial charge in [0.25, 0.3) is 0 Å². The van der Waals surface area contributed by atoms with Gasteiger partial charge in [0.2, 0.25) is 0 Å². The molecule has 29 heavy (non-hydrogen) atoms. The molecule has 3 rings (SSSR count). The first-order valence-corrected chi connectivity index (χ1v) is 9.75. The molecule has 0 heterocycles. The van der Waals surface area contributed by atoms with Crippen molar-refractivity contribution < 1.29 is 17.9 Å². The molecule has 0 aliphatic heterocycles. The molecule has 3 aromatic carbocycles. The molecule has 0 radical (unpaired) electrons. The Bertz CT molecular complexity index is 964. The Morgan fingerprint density at radius 3 is 2.28 bits per heavy atom. The monoisotopic (exact) mass is 401 g/mol. The van der Waals surface area contributed by atoms with E-state index in [0.717, 1.165) is 10.8 Å². The first-order chi connectivity index (χ1) is 13.8. The Hall–Kier alpha value is -2.69. The van der Waals surface area contributed by atoms with E-state index in [1.165, 1.54) is 14.0 Å². The molecular weight excluding hydrogens is 375 g/mol. The van der Waals surface area contributed by atoms with Crippen molar-refractivity contribution in [3.8, 4) is 5.75 Å². The fourth-order valence-corrected chi connectivity index (χ4v) is 3.96. The molecule has 0 aromatic heterocycles. The Kier molecular flexibility index (Phi) is 6.06. The summed E-state index contributed by atoms with van der Waals surface area (Å²) in [5.41, 5.74) is -0.811. The summed E-state index contributed by atoms with van der Waals surface area (Å²) in [4.78, 5) is 0. The molecule has 0 spiro atoms. The smallest absolute Gasteiger partial charge is 0.396 e. The van der Waals surface area contributed by atoms with Crippen LogP contribution in [0.5, 0.6) is 5.75 Å². The number of fused-ring (bicyclic) bond motifs is 1. The maximum atomic E-state index is 14.4. The van der Waals surface area contributed by atoms with Gasteiger partial charge in [0.05, 0.1) is 18.6 Å². The van der Waals surface area contributed by atoms with E-state index in [-0.39, 0.29) is 6.42 Å². The molecule has 5 heteroatoms. The Labute approximate surface area is 169 Å². The van der Waals surface area contributed by atoms with E-state index in [0.29, 0.717) is 23.4 Å². The topological polar surface area (TPSA) is 21.3 Å². The van der Waals surface area contributed by atoms with Gasteiger partial charge in [-0.1, -0.05) is 67.9 Å². The molecule has 154 valence electrons. The largest absolute Gasteiger partial charge is 0.496 e. The molecule has 1 N–H and O–H groups in total. The van der Waals surface area contributed by atoms with Crippen LogP contribution < -0.4 is 10.1 Å². The van der Waals surface area contributed by atoms with Crippen molar-refractivity contribution in [3.05, 3.63) is 72.3 Å². The van der Waals surface area contributed by atoms with Gasteiger partial charge in [0, 0.05) is 16.6 Å². The lowest BCUT2D eigenvalue weighted by molar-refractivity contribution is -0.226. The van der Waals surface area contributed by atoms with Crippen molar-refractivity contribution >= 4 is 16.5 Å². The van der Waals surface area contributed by atoms with Crippen LogP contribution in [0, 0.1) is 5.41 Å². The minimum atomic E-state index is -4.40. The number of benzene rings is 3. The van der Waals surface area contributed by atoms with Gasteiger partial charge in [-0.25, -0.2) is 0 Å². The van der Waals surface area contributed by atoms with Crippen molar-refractivity contribution in [2.45, 2.75) is 38.9 Å². The van der Waals surface area contributed by atoms with Crippen molar-refractivity contribution in [1.29, 1.82) is 0 Å². The van der Waals surface area contributed by atoms with Crippen LogP contribution in [-0.4, -0.2) is 13.3 Å². The second-order valence-electron chi connectivity index (χ2n) is 7.51. The number of nitrogens with one attached hydrogen (secondary N) is 1. The van der Waals surface area contributed by atoms with Crippen LogP contribution in [0.3, 0.4) is 0 Å². The summed E-state index contributed by atoms with van der Waals surface area (Å²) in [6, 6.07) is 19.2. The molecular formula is C24H26F3NO. The highest BCUT2D eigenvalue weighted by molar-refractivity contribution is 5.94. The van der Waals surface area contributed by atoms with Crippen LogP contribution in [0.2, 0.25) is 0 Å². The van der Waals surface area contributed by atoms with Gasteiger partial charge in [0.1, 0.15) is 5.75 Å². The number of hydrogen-bond donors (Lipinski definition) is 1. The van der Waals surface area contributed by atoms with Crippen molar-refractivity contribution in [2.24, 2.45) is 5.41 Å². The molecule has 3 aromatic rings. The van der Waals surface area contributed by atoms with Gasteiger partial charge < -0.3 is 10.1 Å². The van der Waals surface area contributed by atoms with Crippen molar-refractivity contribution in [1.82, 2.24) is 0 Å². The van der Waals surface area contributed by atoms with E-state index in [1.807, 2.05) is 42.5 Å². The summed E-state index contributed by atoms with van der Waals surface area (Å²) in [5, 5.41) is 5.10. The van der Waals surface area contributed by atoms with Gasteiger partial charge in [-0.15, -0.1) is 0 Å². The minimum Gasteiger partial charge on any atom is -0.496 e. The molecule has 0 saturated carbocycles. The predicted octanol–water partition coefficient (Wildman–Crippen LogP) is 7.37. The van der Waals surface area contributed by atoms with Gasteiger partial charge >= 0.3 is 6.18 Å². The fourth-order valence-electron chi connectivity index (χ4n) is 3.96. The minimum absolute atomic E-state index is 0.00299. The molecule has 0 aliphatic rings. The second kappa shape index (κ2) is 8.36. The quantitative estimate of drug-likeness (QED) is 0.446. The summed E-state index contributed by atoms with van der Waals surface area (Å²) in [6.07, 6.45) is -3.98. The summed E-state index contributed by atoms with van der Waals surface area (Å²) >= 11 is 0. The normalized spacial score (nSPS) is 15.0. The van der Waals surface area contributed by atoms with Crippen LogP contribution in [0.15, 0.2) is 66.7 Å². The molecule has 0 aliphatic carbocycles. The van der Waals surface area contributed by atoms with Crippen LogP contribution in [0.25, 0.3) is 10.8 Å². The van der Waals surface area contributed by atoms with Crippen LogP contribution in [-0.2, 0) is 0 Å². The zero-order chi connectivity index (χ0) is 21.1. The summed E-state index contributed by atoms with van der Waals surface area (Å²) in [6.45, 7) is 3.08. The third kappa shape index (κ3) is 4.04. The summed E-state index contributed by atoms with van der Waals surface area (Å²) < 4.78 is 48.6. The van der Waals surface area contributed by atoms with Crippen LogP contribution in [0.1, 0.15) is 38.3 Å². The lowest BCUT2D eigenvalue weighted by atomic mass is 9.74. The summed E-state index contributed by atoms with van der Waals surface area (Å²) in [7, 11) is 1.48. The number of hydrogen-bond acceptors (Lipinski definition) is 2. The number of alkyl halides is 3. The summed E-state index contributed by atoms with van der Waals surface area (Å²) in [5.74, 6) is 0.441. The zero-order valence-corrected chi connectivity index (χ0v) is 16.9. The van der Waals surface area contributed by atoms with Crippen LogP contribution >= 0.6 is 0 Å². The molecule has 0 bridgehead atoms. The number of rotatable bonds is 7. The predicted molar refractivity (Wildman–Crippen MR) is 112 cm³/mol. The standard InChI is InChI=1S/C24H26F3NO/c1-4-16-23(2,24(25,26)27)22(19-13-7-8-15-21(19)29-3)28-20-14-9-11-17-10-5-6-12-18(17)20/h5-15,22,28H,4,16H2,1-3H3. The second-order valence-corrected chi connectivity index (χ2v) is 7.51. The first kappa shape index (κ1) is 21.0. The number of anilines is 1. The van der Waals surface area contributed by atoms with E-state index in [1.54, 1.807) is 31.2 Å². The zero-order valence-electron chi connectivity index (χ0n) is 16.9. The molecule has 0 saturated heterocycles. The SMILES string of the molecule is CCCC(C)(C(Nc1cccc2ccccc12)c1ccccc1OC)C(F)(F)F. The highest BCUT2D eigenvalue weighted by Gasteiger charge is 2.56. The third-order valence-electron chi connectivity index (χ3n) is 5.59. The van der Waals surface area contributed by atoms with Crippen LogP contribution in [0.4, 0.5) is 18.9 Å². The highest BCUT2D eigenvalue weighted by Crippen LogP contribution is 2.53. The number of methoxy groups -OCH3 is 1. The van der Waals surface area contributed by atoms with Crippen molar-refractivity contribution in [2.75, 3.05) is 12.4 Å². The maximum Gasteiger partial charge on any atom is 0.396 e. The molecule has 2 nitrogen and oxygen atoms in total. The molecule has 0 fully saturated rings. The van der Waals surface area contributed by atoms with Gasteiger partial charge in [-0.05, 0) is 30.9 Å². The van der Waals surface area contributed by atoms with E-state index < -0.39 is 17.6 Å².